The first kappa shape index (κ1) is 23.6. The van der Waals surface area contributed by atoms with Crippen LogP contribution in [0.1, 0.15) is 17.7 Å². The molecule has 1 aliphatic rings. The molecule has 0 bridgehead atoms. The van der Waals surface area contributed by atoms with Gasteiger partial charge in [-0.25, -0.2) is 0 Å². The topological polar surface area (TPSA) is 57.5 Å². The van der Waals surface area contributed by atoms with Crippen LogP contribution in [0, 0.1) is 0 Å². The quantitative estimate of drug-likeness (QED) is 0.352. The van der Waals surface area contributed by atoms with Gasteiger partial charge in [-0.1, -0.05) is 17.7 Å². The second-order valence-corrected chi connectivity index (χ2v) is 7.09. The van der Waals surface area contributed by atoms with Crippen LogP contribution in [0.4, 0.5) is 18.9 Å². The van der Waals surface area contributed by atoms with Gasteiger partial charge in [-0.15, -0.1) is 24.0 Å². The zero-order valence-electron chi connectivity index (χ0n) is 16.0. The minimum absolute atomic E-state index is 0. The molecule has 1 fully saturated rings. The maximum atomic E-state index is 13.1. The van der Waals surface area contributed by atoms with E-state index in [9.17, 15) is 13.2 Å². The van der Waals surface area contributed by atoms with E-state index in [1.54, 1.807) is 7.05 Å². The minimum atomic E-state index is -4.49. The van der Waals surface area contributed by atoms with Gasteiger partial charge in [-0.2, -0.15) is 18.3 Å². The van der Waals surface area contributed by atoms with Gasteiger partial charge in [0.1, 0.15) is 0 Å². The fraction of sp³-hybridized carbons (Fsp3) is 0.444. The molecular weight excluding hydrogens is 520 g/mol. The van der Waals surface area contributed by atoms with Gasteiger partial charge in [-0.05, 0) is 24.6 Å². The second kappa shape index (κ2) is 9.88. The number of benzene rings is 1. The van der Waals surface area contributed by atoms with Gasteiger partial charge in [0.25, 0.3) is 0 Å². The first-order valence-electron chi connectivity index (χ1n) is 8.83. The van der Waals surface area contributed by atoms with Crippen LogP contribution in [0.5, 0.6) is 0 Å². The molecule has 1 aromatic heterocycles. The molecule has 160 valence electrons. The SMILES string of the molecule is CN=C(NCc1cn(C)nc1C(F)(F)F)NC1CCN(c2cccc(Cl)c2)C1.I. The first-order chi connectivity index (χ1) is 13.3. The lowest BCUT2D eigenvalue weighted by molar-refractivity contribution is -0.142. The number of anilines is 1. The van der Waals surface area contributed by atoms with E-state index >= 15 is 0 Å². The summed E-state index contributed by atoms with van der Waals surface area (Å²) in [4.78, 5) is 6.33. The Hall–Kier alpha value is -1.69. The normalized spacial score (nSPS) is 17.2. The van der Waals surface area contributed by atoms with Crippen LogP contribution in [0.25, 0.3) is 0 Å². The van der Waals surface area contributed by atoms with Crippen molar-refractivity contribution in [3.05, 3.63) is 46.7 Å². The molecule has 3 rings (SSSR count). The lowest BCUT2D eigenvalue weighted by Gasteiger charge is -2.20. The third-order valence-electron chi connectivity index (χ3n) is 4.55. The first-order valence-corrected chi connectivity index (χ1v) is 9.21. The summed E-state index contributed by atoms with van der Waals surface area (Å²) in [5.41, 5.74) is 0.237. The number of aryl methyl sites for hydroxylation is 1. The Morgan fingerprint density at radius 2 is 2.14 bits per heavy atom. The van der Waals surface area contributed by atoms with Gasteiger partial charge in [-0.3, -0.25) is 9.67 Å². The molecule has 11 heteroatoms. The molecule has 1 atom stereocenters. The summed E-state index contributed by atoms with van der Waals surface area (Å²) in [7, 11) is 3.06. The Bertz CT molecular complexity index is 854. The maximum absolute atomic E-state index is 13.1. The van der Waals surface area contributed by atoms with E-state index in [-0.39, 0.29) is 42.1 Å². The fourth-order valence-corrected chi connectivity index (χ4v) is 3.44. The highest BCUT2D eigenvalue weighted by Crippen LogP contribution is 2.30. The van der Waals surface area contributed by atoms with Crippen molar-refractivity contribution in [3.63, 3.8) is 0 Å². The number of hydrogen-bond donors (Lipinski definition) is 2. The Morgan fingerprint density at radius 3 is 2.79 bits per heavy atom. The van der Waals surface area contributed by atoms with Crippen LogP contribution in [0.3, 0.4) is 0 Å². The average molecular weight is 543 g/mol. The Kier molecular flexibility index (Phi) is 8.03. The third-order valence-corrected chi connectivity index (χ3v) is 4.78. The standard InChI is InChI=1S/C18H22ClF3N6.HI/c1-23-17(24-9-12-10-27(2)26-16(12)18(20,21)22)25-14-6-7-28(11-14)15-5-3-4-13(19)8-15;/h3-5,8,10,14H,6-7,9,11H2,1-2H3,(H2,23,24,25);1H. The molecule has 0 saturated carbocycles. The molecule has 29 heavy (non-hydrogen) atoms. The van der Waals surface area contributed by atoms with Gasteiger partial charge in [0.05, 0.1) is 0 Å². The van der Waals surface area contributed by atoms with Gasteiger partial charge >= 0.3 is 6.18 Å². The number of rotatable bonds is 4. The van der Waals surface area contributed by atoms with E-state index in [0.717, 1.165) is 29.9 Å². The summed E-state index contributed by atoms with van der Waals surface area (Å²) >= 11 is 6.05. The maximum Gasteiger partial charge on any atom is 0.435 e. The van der Waals surface area contributed by atoms with Crippen molar-refractivity contribution in [2.45, 2.75) is 25.2 Å². The molecule has 1 saturated heterocycles. The number of guanidine groups is 1. The Balaban J connectivity index is 0.00000300. The summed E-state index contributed by atoms with van der Waals surface area (Å²) in [5, 5.41) is 10.4. The fourth-order valence-electron chi connectivity index (χ4n) is 3.26. The average Bonchev–Trinajstić information content (AvgIpc) is 3.24. The van der Waals surface area contributed by atoms with Crippen molar-refractivity contribution in [3.8, 4) is 0 Å². The van der Waals surface area contributed by atoms with Gasteiger partial charge in [0, 0.05) is 62.2 Å². The number of alkyl halides is 3. The van der Waals surface area contributed by atoms with Crippen LogP contribution < -0.4 is 15.5 Å². The minimum Gasteiger partial charge on any atom is -0.369 e. The van der Waals surface area contributed by atoms with Crippen LogP contribution >= 0.6 is 35.6 Å². The predicted octanol–water partition coefficient (Wildman–Crippen LogP) is 3.65. The number of nitrogens with one attached hydrogen (secondary N) is 2. The molecule has 1 unspecified atom stereocenters. The predicted molar refractivity (Wildman–Crippen MR) is 119 cm³/mol. The highest BCUT2D eigenvalue weighted by atomic mass is 127. The van der Waals surface area contributed by atoms with E-state index < -0.39 is 11.9 Å². The summed E-state index contributed by atoms with van der Waals surface area (Å²) in [6.45, 7) is 1.59. The Morgan fingerprint density at radius 1 is 1.38 bits per heavy atom. The number of hydrogen-bond acceptors (Lipinski definition) is 3. The molecule has 0 spiro atoms. The largest absolute Gasteiger partial charge is 0.435 e. The van der Waals surface area contributed by atoms with E-state index in [2.05, 4.69) is 25.6 Å². The lowest BCUT2D eigenvalue weighted by Crippen LogP contribution is -2.44. The smallest absolute Gasteiger partial charge is 0.369 e. The van der Waals surface area contributed by atoms with Crippen molar-refractivity contribution in [2.75, 3.05) is 25.0 Å². The Labute approximate surface area is 189 Å². The summed E-state index contributed by atoms with van der Waals surface area (Å²) in [6.07, 6.45) is -2.24. The number of halogens is 5. The van der Waals surface area contributed by atoms with E-state index in [4.69, 9.17) is 11.6 Å². The molecule has 6 nitrogen and oxygen atoms in total. The summed E-state index contributed by atoms with van der Waals surface area (Å²) in [6, 6.07) is 7.78. The molecule has 2 aromatic rings. The molecule has 1 aliphatic heterocycles. The number of aliphatic imine (C=N–C) groups is 1. The molecule has 1 aromatic carbocycles. The van der Waals surface area contributed by atoms with Gasteiger partial charge in [0.2, 0.25) is 0 Å². The van der Waals surface area contributed by atoms with Crippen molar-refractivity contribution in [2.24, 2.45) is 12.0 Å². The van der Waals surface area contributed by atoms with Crippen molar-refractivity contribution >= 4 is 47.2 Å². The lowest BCUT2D eigenvalue weighted by atomic mass is 10.2. The van der Waals surface area contributed by atoms with E-state index in [1.165, 1.54) is 13.2 Å². The molecule has 2 N–H and O–H groups in total. The highest BCUT2D eigenvalue weighted by molar-refractivity contribution is 14.0. The van der Waals surface area contributed by atoms with E-state index in [1.807, 2.05) is 24.3 Å². The number of aromatic nitrogens is 2. The van der Waals surface area contributed by atoms with Gasteiger partial charge < -0.3 is 15.5 Å². The molecular formula is C18H23ClF3IN6. The summed E-state index contributed by atoms with van der Waals surface area (Å²) in [5.74, 6) is 0.454. The van der Waals surface area contributed by atoms with Crippen molar-refractivity contribution in [1.82, 2.24) is 20.4 Å². The van der Waals surface area contributed by atoms with Gasteiger partial charge in [0.15, 0.2) is 11.7 Å². The molecule has 0 amide bonds. The monoisotopic (exact) mass is 542 g/mol. The molecule has 0 radical (unpaired) electrons. The van der Waals surface area contributed by atoms with Crippen LogP contribution in [-0.4, -0.2) is 41.9 Å². The highest BCUT2D eigenvalue weighted by Gasteiger charge is 2.36. The zero-order chi connectivity index (χ0) is 20.3. The zero-order valence-corrected chi connectivity index (χ0v) is 19.1. The molecule has 0 aliphatic carbocycles. The summed E-state index contributed by atoms with van der Waals surface area (Å²) < 4.78 is 40.4. The van der Waals surface area contributed by atoms with Crippen LogP contribution in [0.2, 0.25) is 5.02 Å². The second-order valence-electron chi connectivity index (χ2n) is 6.66. The molecule has 2 heterocycles. The van der Waals surface area contributed by atoms with Crippen molar-refractivity contribution in [1.29, 1.82) is 0 Å². The van der Waals surface area contributed by atoms with Crippen LogP contribution in [-0.2, 0) is 19.8 Å². The van der Waals surface area contributed by atoms with Crippen LogP contribution in [0.15, 0.2) is 35.5 Å². The number of nitrogens with zero attached hydrogens (tertiary/aromatic N) is 4. The van der Waals surface area contributed by atoms with Crippen molar-refractivity contribution < 1.29 is 13.2 Å². The van der Waals surface area contributed by atoms with E-state index in [0.29, 0.717) is 11.0 Å². The third kappa shape index (κ3) is 6.14.